The number of H-pyrrole nitrogens is 1. The Labute approximate surface area is 173 Å². The van der Waals surface area contributed by atoms with Crippen LogP contribution in [0.5, 0.6) is 0 Å². The summed E-state index contributed by atoms with van der Waals surface area (Å²) >= 11 is 0. The molecule has 1 unspecified atom stereocenters. The van der Waals surface area contributed by atoms with Crippen LogP contribution in [0.3, 0.4) is 0 Å². The molecule has 0 aliphatic carbocycles. The van der Waals surface area contributed by atoms with Crippen LogP contribution in [-0.4, -0.2) is 47.8 Å². The number of esters is 2. The van der Waals surface area contributed by atoms with Gasteiger partial charge in [0.15, 0.2) is 6.61 Å². The van der Waals surface area contributed by atoms with E-state index in [4.69, 9.17) is 9.47 Å². The zero-order chi connectivity index (χ0) is 21.3. The Hall–Kier alpha value is -3.94. The first-order valence-corrected chi connectivity index (χ1v) is 9.26. The first kappa shape index (κ1) is 20.8. The highest BCUT2D eigenvalue weighted by Gasteiger charge is 2.23. The number of carbonyl (C=O) groups excluding carboxylic acids is 3. The quantitative estimate of drug-likeness (QED) is 0.554. The maximum Gasteiger partial charge on any atom is 0.356 e. The van der Waals surface area contributed by atoms with Gasteiger partial charge in [-0.25, -0.2) is 9.59 Å². The van der Waals surface area contributed by atoms with Crippen molar-refractivity contribution in [1.82, 2.24) is 15.5 Å². The van der Waals surface area contributed by atoms with E-state index in [0.29, 0.717) is 5.69 Å². The van der Waals surface area contributed by atoms with Crippen LogP contribution < -0.4 is 5.32 Å². The van der Waals surface area contributed by atoms with Gasteiger partial charge in [-0.15, -0.1) is 0 Å². The Balaban J connectivity index is 1.55. The Morgan fingerprint density at radius 2 is 1.70 bits per heavy atom. The van der Waals surface area contributed by atoms with Crippen molar-refractivity contribution >= 4 is 17.8 Å². The lowest BCUT2D eigenvalue weighted by Gasteiger charge is -2.16. The lowest BCUT2D eigenvalue weighted by molar-refractivity contribution is -0.145. The second-order valence-electron chi connectivity index (χ2n) is 6.44. The van der Waals surface area contributed by atoms with Crippen LogP contribution in [-0.2, 0) is 25.5 Å². The summed E-state index contributed by atoms with van der Waals surface area (Å²) in [5.74, 6) is -1.92. The summed E-state index contributed by atoms with van der Waals surface area (Å²) in [5.41, 5.74) is 2.40. The average Bonchev–Trinajstić information content (AvgIpc) is 3.28. The summed E-state index contributed by atoms with van der Waals surface area (Å²) in [6.07, 6.45) is 0.258. The van der Waals surface area contributed by atoms with Gasteiger partial charge in [-0.2, -0.15) is 5.10 Å². The molecule has 0 saturated heterocycles. The summed E-state index contributed by atoms with van der Waals surface area (Å²) in [6, 6.07) is 19.2. The maximum atomic E-state index is 12.2. The van der Waals surface area contributed by atoms with Crippen LogP contribution in [0.1, 0.15) is 16.1 Å². The van der Waals surface area contributed by atoms with Crippen LogP contribution in [0, 0.1) is 0 Å². The molecule has 30 heavy (non-hydrogen) atoms. The standard InChI is InChI=1S/C22H21N3O5/c1-29-21(27)18(12-15-8-4-2-5-9-15)23-20(26)14-30-22(28)19-13-17(24-25-19)16-10-6-3-7-11-16/h2-11,13,18H,12,14H2,1H3,(H,23,26)(H,24,25). The predicted octanol–water partition coefficient (Wildman–Crippen LogP) is 2.13. The molecular weight excluding hydrogens is 386 g/mol. The number of hydrogen-bond donors (Lipinski definition) is 2. The van der Waals surface area contributed by atoms with Gasteiger partial charge in [0.05, 0.1) is 12.8 Å². The highest BCUT2D eigenvalue weighted by molar-refractivity contribution is 5.91. The Morgan fingerprint density at radius 1 is 1.03 bits per heavy atom. The molecule has 0 aliphatic rings. The van der Waals surface area contributed by atoms with E-state index in [0.717, 1.165) is 11.1 Å². The molecule has 2 N–H and O–H groups in total. The molecule has 1 aromatic heterocycles. The molecule has 0 aliphatic heterocycles. The fourth-order valence-corrected chi connectivity index (χ4v) is 2.81. The number of amides is 1. The van der Waals surface area contributed by atoms with Crippen molar-refractivity contribution < 1.29 is 23.9 Å². The smallest absolute Gasteiger partial charge is 0.356 e. The number of benzene rings is 2. The summed E-state index contributed by atoms with van der Waals surface area (Å²) in [4.78, 5) is 36.4. The third-order valence-electron chi connectivity index (χ3n) is 4.31. The van der Waals surface area contributed by atoms with Gasteiger partial charge in [0.25, 0.3) is 5.91 Å². The van der Waals surface area contributed by atoms with Crippen molar-refractivity contribution in [3.63, 3.8) is 0 Å². The SMILES string of the molecule is COC(=O)C(Cc1ccccc1)NC(=O)COC(=O)c1cc(-c2ccccc2)n[nH]1. The molecule has 8 heteroatoms. The number of hydrogen-bond acceptors (Lipinski definition) is 6. The fraction of sp³-hybridized carbons (Fsp3) is 0.182. The average molecular weight is 407 g/mol. The van der Waals surface area contributed by atoms with Crippen molar-refractivity contribution in [2.45, 2.75) is 12.5 Å². The molecule has 1 amide bonds. The molecule has 154 valence electrons. The number of aromatic amines is 1. The molecule has 0 fully saturated rings. The maximum absolute atomic E-state index is 12.2. The van der Waals surface area contributed by atoms with E-state index >= 15 is 0 Å². The molecule has 0 saturated carbocycles. The first-order valence-electron chi connectivity index (χ1n) is 9.26. The second-order valence-corrected chi connectivity index (χ2v) is 6.44. The zero-order valence-electron chi connectivity index (χ0n) is 16.3. The first-order chi connectivity index (χ1) is 14.6. The summed E-state index contributed by atoms with van der Waals surface area (Å²) in [6.45, 7) is -0.541. The lowest BCUT2D eigenvalue weighted by Crippen LogP contribution is -2.44. The molecular formula is C22H21N3O5. The van der Waals surface area contributed by atoms with Gasteiger partial charge < -0.3 is 14.8 Å². The third kappa shape index (κ3) is 5.54. The molecule has 0 spiro atoms. The van der Waals surface area contributed by atoms with Gasteiger partial charge in [-0.05, 0) is 11.6 Å². The van der Waals surface area contributed by atoms with Gasteiger partial charge in [0.1, 0.15) is 11.7 Å². The zero-order valence-corrected chi connectivity index (χ0v) is 16.3. The number of nitrogens with one attached hydrogen (secondary N) is 2. The Morgan fingerprint density at radius 3 is 2.37 bits per heavy atom. The molecule has 2 aromatic carbocycles. The van der Waals surface area contributed by atoms with E-state index < -0.39 is 30.5 Å². The van der Waals surface area contributed by atoms with Crippen molar-refractivity contribution in [2.24, 2.45) is 0 Å². The van der Waals surface area contributed by atoms with Crippen molar-refractivity contribution in [3.05, 3.63) is 78.0 Å². The number of aromatic nitrogens is 2. The van der Waals surface area contributed by atoms with E-state index in [9.17, 15) is 14.4 Å². The largest absolute Gasteiger partial charge is 0.467 e. The number of ether oxygens (including phenoxy) is 2. The minimum Gasteiger partial charge on any atom is -0.467 e. The minimum absolute atomic E-state index is 0.121. The summed E-state index contributed by atoms with van der Waals surface area (Å²) in [5, 5.41) is 9.21. The van der Waals surface area contributed by atoms with Gasteiger partial charge in [-0.1, -0.05) is 60.7 Å². The van der Waals surface area contributed by atoms with Crippen molar-refractivity contribution in [3.8, 4) is 11.3 Å². The Bertz CT molecular complexity index is 1000. The highest BCUT2D eigenvalue weighted by atomic mass is 16.5. The van der Waals surface area contributed by atoms with E-state index in [-0.39, 0.29) is 12.1 Å². The number of rotatable bonds is 8. The number of methoxy groups -OCH3 is 1. The lowest BCUT2D eigenvalue weighted by atomic mass is 10.1. The van der Waals surface area contributed by atoms with Crippen LogP contribution in [0.2, 0.25) is 0 Å². The fourth-order valence-electron chi connectivity index (χ4n) is 2.81. The molecule has 8 nitrogen and oxygen atoms in total. The van der Waals surface area contributed by atoms with E-state index in [1.165, 1.54) is 7.11 Å². The van der Waals surface area contributed by atoms with Crippen molar-refractivity contribution in [2.75, 3.05) is 13.7 Å². The van der Waals surface area contributed by atoms with Gasteiger partial charge >= 0.3 is 11.9 Å². The van der Waals surface area contributed by atoms with E-state index in [2.05, 4.69) is 15.5 Å². The van der Waals surface area contributed by atoms with Crippen LogP contribution in [0.15, 0.2) is 66.7 Å². The molecule has 0 radical (unpaired) electrons. The third-order valence-corrected chi connectivity index (χ3v) is 4.31. The monoisotopic (exact) mass is 407 g/mol. The van der Waals surface area contributed by atoms with Crippen LogP contribution in [0.25, 0.3) is 11.3 Å². The second kappa shape index (κ2) is 10.0. The van der Waals surface area contributed by atoms with Gasteiger partial charge in [0.2, 0.25) is 0 Å². The van der Waals surface area contributed by atoms with Crippen LogP contribution in [0.4, 0.5) is 0 Å². The molecule has 1 atom stereocenters. The highest BCUT2D eigenvalue weighted by Crippen LogP contribution is 2.17. The minimum atomic E-state index is -0.888. The summed E-state index contributed by atoms with van der Waals surface area (Å²) in [7, 11) is 1.25. The molecule has 0 bridgehead atoms. The Kier molecular flexibility index (Phi) is 6.94. The predicted molar refractivity (Wildman–Crippen MR) is 108 cm³/mol. The normalized spacial score (nSPS) is 11.4. The molecule has 1 heterocycles. The number of carbonyl (C=O) groups is 3. The molecule has 3 rings (SSSR count). The summed E-state index contributed by atoms with van der Waals surface area (Å²) < 4.78 is 9.78. The topological polar surface area (TPSA) is 110 Å². The molecule has 3 aromatic rings. The number of nitrogens with zero attached hydrogens (tertiary/aromatic N) is 1. The van der Waals surface area contributed by atoms with Gasteiger partial charge in [0, 0.05) is 12.0 Å². The van der Waals surface area contributed by atoms with Crippen molar-refractivity contribution in [1.29, 1.82) is 0 Å². The van der Waals surface area contributed by atoms with E-state index in [1.807, 2.05) is 60.7 Å². The van der Waals surface area contributed by atoms with E-state index in [1.54, 1.807) is 6.07 Å². The van der Waals surface area contributed by atoms with Gasteiger partial charge in [-0.3, -0.25) is 9.89 Å². The van der Waals surface area contributed by atoms with Crippen LogP contribution >= 0.6 is 0 Å².